The van der Waals surface area contributed by atoms with Gasteiger partial charge in [-0.15, -0.1) is 12.4 Å². The molecule has 232 valence electrons. The fourth-order valence-electron chi connectivity index (χ4n) is 6.22. The number of carbonyl (C=O) groups excluding carboxylic acids is 2. The van der Waals surface area contributed by atoms with Crippen molar-refractivity contribution in [3.05, 3.63) is 70.3 Å². The molecule has 0 radical (unpaired) electrons. The topological polar surface area (TPSA) is 175 Å². The van der Waals surface area contributed by atoms with Crippen LogP contribution in [0.25, 0.3) is 22.2 Å². The van der Waals surface area contributed by atoms with Gasteiger partial charge in [0.05, 0.1) is 28.5 Å². The first kappa shape index (κ1) is 31.2. The lowest BCUT2D eigenvalue weighted by atomic mass is 9.81. The van der Waals surface area contributed by atoms with Crippen molar-refractivity contribution in [3.63, 3.8) is 0 Å². The van der Waals surface area contributed by atoms with Crippen LogP contribution in [0.2, 0.25) is 0 Å². The molecule has 44 heavy (non-hydrogen) atoms. The van der Waals surface area contributed by atoms with E-state index >= 15 is 0 Å². The number of nitrogens with two attached hydrogens (primary N) is 2. The van der Waals surface area contributed by atoms with Crippen molar-refractivity contribution in [1.29, 1.82) is 0 Å². The van der Waals surface area contributed by atoms with Crippen LogP contribution >= 0.6 is 12.4 Å². The molecule has 11 nitrogen and oxygen atoms in total. The lowest BCUT2D eigenvalue weighted by Crippen LogP contribution is -2.50. The molecule has 1 aliphatic carbocycles. The molecule has 8 N–H and O–H groups in total. The van der Waals surface area contributed by atoms with Crippen LogP contribution in [0.1, 0.15) is 36.9 Å². The van der Waals surface area contributed by atoms with Crippen molar-refractivity contribution in [2.24, 2.45) is 23.3 Å². The number of anilines is 3. The molecule has 2 aliphatic rings. The highest BCUT2D eigenvalue weighted by Gasteiger charge is 2.35. The summed E-state index contributed by atoms with van der Waals surface area (Å²) in [6.45, 7) is 4.27. The molecule has 0 bridgehead atoms. The smallest absolute Gasteiger partial charge is 0.323 e. The molecule has 0 spiro atoms. The summed E-state index contributed by atoms with van der Waals surface area (Å²) in [5.74, 6) is 0.232. The Balaban J connectivity index is 0.00000384. The first-order valence-electron chi connectivity index (χ1n) is 14.9. The number of aromatic amines is 2. The van der Waals surface area contributed by atoms with Gasteiger partial charge in [0, 0.05) is 30.3 Å². The average Bonchev–Trinajstić information content (AvgIpc) is 3.40. The van der Waals surface area contributed by atoms with Crippen LogP contribution in [0, 0.1) is 18.8 Å². The second-order valence-corrected chi connectivity index (χ2v) is 11.7. The van der Waals surface area contributed by atoms with Crippen LogP contribution in [-0.4, -0.2) is 52.4 Å². The van der Waals surface area contributed by atoms with Gasteiger partial charge in [-0.05, 0) is 86.9 Å². The Bertz CT molecular complexity index is 1710. The quantitative estimate of drug-likeness (QED) is 0.182. The maximum absolute atomic E-state index is 13.9. The number of aromatic nitrogens is 3. The lowest BCUT2D eigenvalue weighted by molar-refractivity contribution is -0.130. The van der Waals surface area contributed by atoms with E-state index in [1.54, 1.807) is 18.2 Å². The van der Waals surface area contributed by atoms with Crippen molar-refractivity contribution < 1.29 is 9.59 Å². The molecule has 12 heteroatoms. The van der Waals surface area contributed by atoms with Crippen molar-refractivity contribution in [3.8, 4) is 11.1 Å². The molecule has 2 amide bonds. The van der Waals surface area contributed by atoms with E-state index in [0.717, 1.165) is 59.8 Å². The second kappa shape index (κ2) is 13.2. The Hall–Kier alpha value is -4.19. The number of imide groups is 1. The molecular formula is C32H39ClN8O3. The third-order valence-corrected chi connectivity index (χ3v) is 8.71. The number of rotatable bonds is 7. The van der Waals surface area contributed by atoms with E-state index < -0.39 is 11.9 Å². The Morgan fingerprint density at radius 3 is 2.41 bits per heavy atom. The molecule has 1 aliphatic heterocycles. The molecule has 1 atom stereocenters. The van der Waals surface area contributed by atoms with Gasteiger partial charge in [0.2, 0.25) is 5.91 Å². The Morgan fingerprint density at radius 1 is 0.977 bits per heavy atom. The zero-order valence-electron chi connectivity index (χ0n) is 24.7. The van der Waals surface area contributed by atoms with Crippen LogP contribution < -0.4 is 32.7 Å². The van der Waals surface area contributed by atoms with Crippen LogP contribution in [0.3, 0.4) is 0 Å². The number of pyridine rings is 1. The molecule has 3 heterocycles. The summed E-state index contributed by atoms with van der Waals surface area (Å²) in [6, 6.07) is 14.1. The highest BCUT2D eigenvalue weighted by atomic mass is 35.5. The van der Waals surface area contributed by atoms with E-state index in [1.807, 2.05) is 31.2 Å². The number of nitrogens with zero attached hydrogens (tertiary/aromatic N) is 2. The summed E-state index contributed by atoms with van der Waals surface area (Å²) in [4.78, 5) is 51.0. The van der Waals surface area contributed by atoms with Crippen molar-refractivity contribution in [2.75, 3.05) is 35.2 Å². The van der Waals surface area contributed by atoms with Crippen LogP contribution in [0.4, 0.5) is 17.2 Å². The number of benzene rings is 2. The molecule has 4 aromatic rings. The standard InChI is InChI=1S/C32H38N8O3.ClH/c1-18-24(16-28-29(37-18)36-13-12-35-28)21-6-2-19(3-7-21)14-25(34)31(42)40(30(41)22-8-4-20(17-33)5-9-22)23-10-11-26-27(15-23)39-32(43)38-26;/h2-3,6-7,10-11,15-16,20,22,25,35H,4-5,8-9,12-14,17,33-34H2,1H3,(H,36,37)(H2,38,39,43);1H/t20?,22?,25-;/m0./s1. The number of nitrogens with one attached hydrogen (secondary N) is 4. The van der Waals surface area contributed by atoms with E-state index in [2.05, 4.69) is 26.7 Å². The Kier molecular flexibility index (Phi) is 9.38. The molecular weight excluding hydrogens is 580 g/mol. The summed E-state index contributed by atoms with van der Waals surface area (Å²) >= 11 is 0. The Labute approximate surface area is 261 Å². The largest absolute Gasteiger partial charge is 0.380 e. The minimum Gasteiger partial charge on any atom is -0.380 e. The van der Waals surface area contributed by atoms with E-state index in [1.165, 1.54) is 4.90 Å². The average molecular weight is 619 g/mol. The molecule has 0 unspecified atom stereocenters. The van der Waals surface area contributed by atoms with E-state index in [0.29, 0.717) is 42.0 Å². The number of aryl methyl sites for hydroxylation is 1. The van der Waals surface area contributed by atoms with E-state index in [4.69, 9.17) is 16.5 Å². The maximum atomic E-state index is 13.9. The SMILES string of the molecule is Cc1nc2c(cc1-c1ccc(C[C@H](N)C(=O)N(C(=O)C3CCC(CN)CC3)c3ccc4[nH]c(=O)[nH]c4c3)cc1)NCCN2.Cl. The zero-order valence-corrected chi connectivity index (χ0v) is 25.5. The summed E-state index contributed by atoms with van der Waals surface area (Å²) in [6.07, 6.45) is 3.31. The van der Waals surface area contributed by atoms with E-state index in [-0.39, 0.29) is 36.3 Å². The predicted molar refractivity (Wildman–Crippen MR) is 176 cm³/mol. The molecule has 2 aromatic carbocycles. The Morgan fingerprint density at radius 2 is 1.68 bits per heavy atom. The van der Waals surface area contributed by atoms with Crippen molar-refractivity contribution in [1.82, 2.24) is 15.0 Å². The van der Waals surface area contributed by atoms with Gasteiger partial charge in [0.1, 0.15) is 5.82 Å². The fourth-order valence-corrected chi connectivity index (χ4v) is 6.22. The van der Waals surface area contributed by atoms with Crippen LogP contribution in [0.5, 0.6) is 0 Å². The molecule has 6 rings (SSSR count). The second-order valence-electron chi connectivity index (χ2n) is 11.7. The number of imidazole rings is 1. The van der Waals surface area contributed by atoms with Gasteiger partial charge in [-0.2, -0.15) is 0 Å². The summed E-state index contributed by atoms with van der Waals surface area (Å²) in [7, 11) is 0. The highest BCUT2D eigenvalue weighted by molar-refractivity contribution is 6.17. The van der Waals surface area contributed by atoms with Gasteiger partial charge in [-0.3, -0.25) is 9.59 Å². The van der Waals surface area contributed by atoms with Gasteiger partial charge in [-0.1, -0.05) is 24.3 Å². The number of halogens is 1. The number of hydrogen-bond acceptors (Lipinski definition) is 8. The third kappa shape index (κ3) is 6.35. The fraction of sp³-hybridized carbons (Fsp3) is 0.375. The first-order valence-corrected chi connectivity index (χ1v) is 14.9. The number of amides is 2. The number of carbonyl (C=O) groups is 2. The number of H-pyrrole nitrogens is 2. The van der Waals surface area contributed by atoms with Crippen LogP contribution in [-0.2, 0) is 16.0 Å². The zero-order chi connectivity index (χ0) is 30.1. The van der Waals surface area contributed by atoms with Gasteiger partial charge in [-0.25, -0.2) is 14.7 Å². The monoisotopic (exact) mass is 618 g/mol. The predicted octanol–water partition coefficient (Wildman–Crippen LogP) is 3.68. The van der Waals surface area contributed by atoms with E-state index in [9.17, 15) is 14.4 Å². The van der Waals surface area contributed by atoms with Crippen molar-refractivity contribution in [2.45, 2.75) is 45.1 Å². The lowest BCUT2D eigenvalue weighted by Gasteiger charge is -2.32. The highest BCUT2D eigenvalue weighted by Crippen LogP contribution is 2.33. The summed E-state index contributed by atoms with van der Waals surface area (Å²) in [5, 5.41) is 6.70. The summed E-state index contributed by atoms with van der Waals surface area (Å²) < 4.78 is 0. The van der Waals surface area contributed by atoms with Crippen LogP contribution in [0.15, 0.2) is 53.3 Å². The number of hydrogen-bond donors (Lipinski definition) is 6. The third-order valence-electron chi connectivity index (χ3n) is 8.71. The van der Waals surface area contributed by atoms with Gasteiger partial charge in [0.25, 0.3) is 5.91 Å². The molecule has 2 aromatic heterocycles. The minimum absolute atomic E-state index is 0. The molecule has 0 saturated heterocycles. The first-order chi connectivity index (χ1) is 20.8. The van der Waals surface area contributed by atoms with Crippen molar-refractivity contribution >= 4 is 52.4 Å². The minimum atomic E-state index is -0.946. The molecule has 1 fully saturated rings. The van der Waals surface area contributed by atoms with Gasteiger partial charge >= 0.3 is 5.69 Å². The van der Waals surface area contributed by atoms with Gasteiger partial charge < -0.3 is 32.1 Å². The summed E-state index contributed by atoms with van der Waals surface area (Å²) in [5.41, 5.74) is 18.4. The van der Waals surface area contributed by atoms with Gasteiger partial charge in [0.15, 0.2) is 0 Å². The number of fused-ring (bicyclic) bond motifs is 2. The normalized spacial score (nSPS) is 18.3. The molecule has 1 saturated carbocycles. The maximum Gasteiger partial charge on any atom is 0.323 e.